The van der Waals surface area contributed by atoms with Crippen LogP contribution in [0.2, 0.25) is 5.02 Å². The Kier molecular flexibility index (Phi) is 6.01. The van der Waals surface area contributed by atoms with Gasteiger partial charge in [-0.15, -0.1) is 0 Å². The van der Waals surface area contributed by atoms with Gasteiger partial charge in [0, 0.05) is 46.8 Å². The lowest BCUT2D eigenvalue weighted by atomic mass is 10.1. The first kappa shape index (κ1) is 19.5. The summed E-state index contributed by atoms with van der Waals surface area (Å²) in [6.07, 6.45) is 4.41. The molecule has 28 heavy (non-hydrogen) atoms. The third-order valence-electron chi connectivity index (χ3n) is 3.98. The number of carbonyl (C=O) groups is 2. The fourth-order valence-corrected chi connectivity index (χ4v) is 2.81. The molecule has 1 heterocycles. The van der Waals surface area contributed by atoms with Crippen LogP contribution in [0.25, 0.3) is 17.3 Å². The number of aryl methyl sites for hydroxylation is 1. The molecule has 0 unspecified atom stereocenters. The SMILES string of the molecule is O=C([O-])CCn1cc(/C=C/C(=O)c2ccc(F)cc2)c(-c2cccc(Cl)c2)n1. The second kappa shape index (κ2) is 8.63. The molecule has 1 aromatic heterocycles. The summed E-state index contributed by atoms with van der Waals surface area (Å²) < 4.78 is 14.5. The van der Waals surface area contributed by atoms with E-state index in [1.165, 1.54) is 35.0 Å². The largest absolute Gasteiger partial charge is 0.550 e. The molecule has 0 fully saturated rings. The van der Waals surface area contributed by atoms with Crippen LogP contribution in [0.1, 0.15) is 22.3 Å². The number of benzene rings is 2. The van der Waals surface area contributed by atoms with E-state index in [2.05, 4.69) is 5.10 Å². The molecule has 142 valence electrons. The minimum Gasteiger partial charge on any atom is -0.550 e. The molecule has 3 aromatic rings. The van der Waals surface area contributed by atoms with Gasteiger partial charge in [-0.25, -0.2) is 4.39 Å². The topological polar surface area (TPSA) is 75.0 Å². The summed E-state index contributed by atoms with van der Waals surface area (Å²) in [4.78, 5) is 23.0. The Balaban J connectivity index is 1.92. The molecule has 3 rings (SSSR count). The van der Waals surface area contributed by atoms with E-state index in [0.29, 0.717) is 21.8 Å². The van der Waals surface area contributed by atoms with Crippen molar-refractivity contribution in [2.75, 3.05) is 0 Å². The van der Waals surface area contributed by atoms with Crippen LogP contribution in [0, 0.1) is 5.82 Å². The number of hydrogen-bond donors (Lipinski definition) is 0. The molecular formula is C21H15ClFN2O3-. The Bertz CT molecular complexity index is 1040. The zero-order valence-corrected chi connectivity index (χ0v) is 15.4. The van der Waals surface area contributed by atoms with Crippen molar-refractivity contribution in [2.24, 2.45) is 0 Å². The molecular weight excluding hydrogens is 383 g/mol. The Morgan fingerprint density at radius 3 is 2.61 bits per heavy atom. The molecule has 0 saturated carbocycles. The molecule has 2 aromatic carbocycles. The monoisotopic (exact) mass is 397 g/mol. The summed E-state index contributed by atoms with van der Waals surface area (Å²) in [5.41, 5.74) is 2.26. The molecule has 0 radical (unpaired) electrons. The number of rotatable bonds is 7. The highest BCUT2D eigenvalue weighted by Gasteiger charge is 2.11. The maximum atomic E-state index is 13.0. The summed E-state index contributed by atoms with van der Waals surface area (Å²) >= 11 is 6.05. The van der Waals surface area contributed by atoms with Gasteiger partial charge in [-0.05, 0) is 48.6 Å². The van der Waals surface area contributed by atoms with Crippen molar-refractivity contribution in [3.63, 3.8) is 0 Å². The van der Waals surface area contributed by atoms with E-state index >= 15 is 0 Å². The van der Waals surface area contributed by atoms with Crippen molar-refractivity contribution in [1.82, 2.24) is 9.78 Å². The normalized spacial score (nSPS) is 11.1. The van der Waals surface area contributed by atoms with Crippen LogP contribution < -0.4 is 5.11 Å². The quantitative estimate of drug-likeness (QED) is 0.452. The van der Waals surface area contributed by atoms with Gasteiger partial charge >= 0.3 is 0 Å². The van der Waals surface area contributed by atoms with Gasteiger partial charge in [0.2, 0.25) is 0 Å². The second-order valence-electron chi connectivity index (χ2n) is 6.03. The lowest BCUT2D eigenvalue weighted by Gasteiger charge is -2.02. The second-order valence-corrected chi connectivity index (χ2v) is 6.47. The average molecular weight is 398 g/mol. The molecule has 0 N–H and O–H groups in total. The van der Waals surface area contributed by atoms with Crippen molar-refractivity contribution in [1.29, 1.82) is 0 Å². The summed E-state index contributed by atoms with van der Waals surface area (Å²) in [6.45, 7) is 0.135. The average Bonchev–Trinajstić information content (AvgIpc) is 3.08. The number of hydrogen-bond acceptors (Lipinski definition) is 4. The molecule has 0 spiro atoms. The highest BCUT2D eigenvalue weighted by atomic mass is 35.5. The number of carboxylic acid groups (broad SMARTS) is 1. The number of ketones is 1. The molecule has 0 amide bonds. The van der Waals surface area contributed by atoms with Crippen LogP contribution in [-0.2, 0) is 11.3 Å². The lowest BCUT2D eigenvalue weighted by molar-refractivity contribution is -0.306. The number of aromatic nitrogens is 2. The first-order valence-electron chi connectivity index (χ1n) is 8.43. The first-order chi connectivity index (χ1) is 13.4. The molecule has 0 atom stereocenters. The predicted octanol–water partition coefficient (Wildman–Crippen LogP) is 3.38. The minimum absolute atomic E-state index is 0.135. The number of carboxylic acids is 1. The zero-order valence-electron chi connectivity index (χ0n) is 14.6. The first-order valence-corrected chi connectivity index (χ1v) is 8.81. The van der Waals surface area contributed by atoms with E-state index in [9.17, 15) is 19.1 Å². The van der Waals surface area contributed by atoms with Gasteiger partial charge in [0.1, 0.15) is 5.82 Å². The van der Waals surface area contributed by atoms with Gasteiger partial charge in [-0.1, -0.05) is 23.7 Å². The van der Waals surface area contributed by atoms with Gasteiger partial charge in [0.05, 0.1) is 5.69 Å². The Morgan fingerprint density at radius 2 is 1.93 bits per heavy atom. The highest BCUT2D eigenvalue weighted by Crippen LogP contribution is 2.26. The fraction of sp³-hybridized carbons (Fsp3) is 0.0952. The third-order valence-corrected chi connectivity index (χ3v) is 4.21. The third kappa shape index (κ3) is 4.92. The maximum Gasteiger partial charge on any atom is 0.185 e. The maximum absolute atomic E-state index is 13.0. The number of carbonyl (C=O) groups excluding carboxylic acids is 2. The molecule has 7 heteroatoms. The van der Waals surface area contributed by atoms with Crippen LogP contribution >= 0.6 is 11.6 Å². The zero-order chi connectivity index (χ0) is 20.1. The Labute approximate surface area is 165 Å². The van der Waals surface area contributed by atoms with Crippen LogP contribution in [0.4, 0.5) is 4.39 Å². The molecule has 0 aliphatic carbocycles. The van der Waals surface area contributed by atoms with Crippen LogP contribution in [0.3, 0.4) is 0 Å². The smallest absolute Gasteiger partial charge is 0.185 e. The van der Waals surface area contributed by atoms with E-state index in [0.717, 1.165) is 5.56 Å². The fourth-order valence-electron chi connectivity index (χ4n) is 2.62. The molecule has 5 nitrogen and oxygen atoms in total. The van der Waals surface area contributed by atoms with E-state index in [1.807, 2.05) is 6.07 Å². The lowest BCUT2D eigenvalue weighted by Crippen LogP contribution is -2.23. The van der Waals surface area contributed by atoms with Crippen molar-refractivity contribution in [3.05, 3.63) is 82.8 Å². The van der Waals surface area contributed by atoms with E-state index in [1.54, 1.807) is 30.5 Å². The van der Waals surface area contributed by atoms with Crippen molar-refractivity contribution in [3.8, 4) is 11.3 Å². The Hall–Kier alpha value is -3.25. The number of nitrogens with zero attached hydrogens (tertiary/aromatic N) is 2. The Morgan fingerprint density at radius 1 is 1.18 bits per heavy atom. The van der Waals surface area contributed by atoms with Crippen molar-refractivity contribution >= 4 is 29.4 Å². The molecule has 0 aliphatic rings. The van der Waals surface area contributed by atoms with Crippen LogP contribution in [0.5, 0.6) is 0 Å². The number of allylic oxidation sites excluding steroid dienone is 1. The van der Waals surface area contributed by atoms with E-state index < -0.39 is 11.8 Å². The van der Waals surface area contributed by atoms with Gasteiger partial charge in [-0.3, -0.25) is 9.48 Å². The summed E-state index contributed by atoms with van der Waals surface area (Å²) in [7, 11) is 0. The molecule has 0 bridgehead atoms. The minimum atomic E-state index is -1.18. The number of halogens is 2. The van der Waals surface area contributed by atoms with Gasteiger partial charge < -0.3 is 9.90 Å². The summed E-state index contributed by atoms with van der Waals surface area (Å²) in [6, 6.07) is 12.3. The van der Waals surface area contributed by atoms with Gasteiger partial charge in [-0.2, -0.15) is 5.10 Å². The van der Waals surface area contributed by atoms with Gasteiger partial charge in [0.25, 0.3) is 0 Å². The molecule has 0 aliphatic heterocycles. The van der Waals surface area contributed by atoms with E-state index in [4.69, 9.17) is 11.6 Å². The number of aliphatic carboxylic acids is 1. The van der Waals surface area contributed by atoms with Crippen LogP contribution in [-0.4, -0.2) is 21.5 Å². The summed E-state index contributed by atoms with van der Waals surface area (Å²) in [5, 5.41) is 15.7. The van der Waals surface area contributed by atoms with Gasteiger partial charge in [0.15, 0.2) is 5.78 Å². The van der Waals surface area contributed by atoms with Crippen molar-refractivity contribution in [2.45, 2.75) is 13.0 Å². The van der Waals surface area contributed by atoms with Crippen LogP contribution in [0.15, 0.2) is 60.8 Å². The standard InChI is InChI=1S/C21H16ClFN2O3/c22-17-3-1-2-15(12-17)21-16(13-25(24-21)11-10-20(27)28)6-9-19(26)14-4-7-18(23)8-5-14/h1-9,12-13H,10-11H2,(H,27,28)/p-1/b9-6+. The molecule has 0 saturated heterocycles. The predicted molar refractivity (Wildman–Crippen MR) is 102 cm³/mol. The summed E-state index contributed by atoms with van der Waals surface area (Å²) in [5.74, 6) is -1.89. The van der Waals surface area contributed by atoms with E-state index in [-0.39, 0.29) is 18.7 Å². The highest BCUT2D eigenvalue weighted by molar-refractivity contribution is 6.30. The van der Waals surface area contributed by atoms with Crippen molar-refractivity contribution < 1.29 is 19.1 Å².